The highest BCUT2D eigenvalue weighted by Crippen LogP contribution is 2.27. The predicted octanol–water partition coefficient (Wildman–Crippen LogP) is 5.70. The molecule has 1 amide bonds. The first kappa shape index (κ1) is 28.3. The van der Waals surface area contributed by atoms with Crippen LogP contribution in [0.15, 0.2) is 111 Å². The summed E-state index contributed by atoms with van der Waals surface area (Å²) in [5, 5.41) is 2.65. The molecule has 202 valence electrons. The molecule has 8 nitrogen and oxygen atoms in total. The highest BCUT2D eigenvalue weighted by atomic mass is 79.9. The maximum atomic E-state index is 13.4. The van der Waals surface area contributed by atoms with E-state index in [1.165, 1.54) is 36.4 Å². The van der Waals surface area contributed by atoms with E-state index in [-0.39, 0.29) is 9.79 Å². The largest absolute Gasteiger partial charge is 0.325 e. The molecule has 0 bridgehead atoms. The Morgan fingerprint density at radius 3 is 2.15 bits per heavy atom. The molecule has 0 atom stereocenters. The Bertz CT molecular complexity index is 1710. The van der Waals surface area contributed by atoms with E-state index < -0.39 is 32.5 Å². The number of carbonyl (C=O) groups is 1. The number of rotatable bonds is 9. The lowest BCUT2D eigenvalue weighted by atomic mass is 10.1. The summed E-state index contributed by atoms with van der Waals surface area (Å²) >= 11 is 3.35. The molecule has 0 spiro atoms. The van der Waals surface area contributed by atoms with Gasteiger partial charge in [0.15, 0.2) is 0 Å². The maximum absolute atomic E-state index is 13.4. The van der Waals surface area contributed by atoms with Gasteiger partial charge in [-0.1, -0.05) is 52.3 Å². The van der Waals surface area contributed by atoms with Gasteiger partial charge < -0.3 is 5.32 Å². The molecule has 0 aliphatic rings. The first-order chi connectivity index (χ1) is 18.5. The standard InChI is InChI=1S/C28H26BrN3O5S2/c1-20-11-12-21(2)27(17-20)31-38(34,35)25-15-13-23(14-16-25)30-28(33)19-32(24-8-6-7-22(29)18-24)39(36,37)26-9-4-3-5-10-26/h3-18,31H,19H2,1-2H3,(H,30,33). The number of anilines is 3. The van der Waals surface area contributed by atoms with Gasteiger partial charge >= 0.3 is 0 Å². The third kappa shape index (κ3) is 6.86. The lowest BCUT2D eigenvalue weighted by Crippen LogP contribution is -2.38. The van der Waals surface area contributed by atoms with Crippen molar-refractivity contribution in [1.29, 1.82) is 0 Å². The van der Waals surface area contributed by atoms with Crippen molar-refractivity contribution in [2.24, 2.45) is 0 Å². The summed E-state index contributed by atoms with van der Waals surface area (Å²) in [6.45, 7) is 3.19. The summed E-state index contributed by atoms with van der Waals surface area (Å²) < 4.78 is 56.9. The molecule has 0 saturated heterocycles. The molecule has 0 saturated carbocycles. The van der Waals surface area contributed by atoms with E-state index in [1.807, 2.05) is 26.0 Å². The minimum absolute atomic E-state index is 0.0174. The van der Waals surface area contributed by atoms with Crippen LogP contribution in [0.4, 0.5) is 17.1 Å². The highest BCUT2D eigenvalue weighted by Gasteiger charge is 2.27. The van der Waals surface area contributed by atoms with Gasteiger partial charge in [-0.2, -0.15) is 0 Å². The minimum Gasteiger partial charge on any atom is -0.325 e. The number of nitrogens with one attached hydrogen (secondary N) is 2. The molecule has 4 rings (SSSR count). The van der Waals surface area contributed by atoms with Crippen molar-refractivity contribution >= 4 is 58.9 Å². The minimum atomic E-state index is -4.06. The number of hydrogen-bond donors (Lipinski definition) is 2. The van der Waals surface area contributed by atoms with E-state index in [0.29, 0.717) is 21.5 Å². The summed E-state index contributed by atoms with van der Waals surface area (Å²) in [7, 11) is -7.92. The molecule has 39 heavy (non-hydrogen) atoms. The number of amides is 1. The quantitative estimate of drug-likeness (QED) is 0.247. The number of benzene rings is 4. The van der Waals surface area contributed by atoms with Crippen molar-refractivity contribution in [2.75, 3.05) is 20.9 Å². The first-order valence-corrected chi connectivity index (χ1v) is 15.5. The molecule has 4 aromatic rings. The van der Waals surface area contributed by atoms with Crippen molar-refractivity contribution in [1.82, 2.24) is 0 Å². The summed E-state index contributed by atoms with van der Waals surface area (Å²) in [5.74, 6) is -0.599. The summed E-state index contributed by atoms with van der Waals surface area (Å²) in [6.07, 6.45) is 0. The van der Waals surface area contributed by atoms with Gasteiger partial charge in [-0.25, -0.2) is 16.8 Å². The fourth-order valence-corrected chi connectivity index (χ4v) is 6.71. The van der Waals surface area contributed by atoms with Crippen molar-refractivity contribution < 1.29 is 21.6 Å². The van der Waals surface area contributed by atoms with Crippen LogP contribution in [0.5, 0.6) is 0 Å². The Morgan fingerprint density at radius 2 is 1.49 bits per heavy atom. The van der Waals surface area contributed by atoms with E-state index in [1.54, 1.807) is 48.5 Å². The van der Waals surface area contributed by atoms with Crippen LogP contribution >= 0.6 is 15.9 Å². The lowest BCUT2D eigenvalue weighted by Gasteiger charge is -2.24. The Kier molecular flexibility index (Phi) is 8.43. The summed E-state index contributed by atoms with van der Waals surface area (Å²) in [5.41, 5.74) is 2.81. The zero-order chi connectivity index (χ0) is 28.2. The number of sulfonamides is 2. The summed E-state index contributed by atoms with van der Waals surface area (Å²) in [6, 6.07) is 25.6. The van der Waals surface area contributed by atoms with Gasteiger partial charge in [0.2, 0.25) is 5.91 Å². The van der Waals surface area contributed by atoms with Gasteiger partial charge in [-0.15, -0.1) is 0 Å². The molecular formula is C28H26BrN3O5S2. The molecule has 0 heterocycles. The fourth-order valence-electron chi connectivity index (χ4n) is 3.76. The second kappa shape index (κ2) is 11.6. The van der Waals surface area contributed by atoms with Crippen molar-refractivity contribution in [2.45, 2.75) is 23.6 Å². The normalized spacial score (nSPS) is 11.6. The van der Waals surface area contributed by atoms with Crippen molar-refractivity contribution in [3.8, 4) is 0 Å². The van der Waals surface area contributed by atoms with Crippen LogP contribution < -0.4 is 14.3 Å². The number of hydrogen-bond acceptors (Lipinski definition) is 5. The van der Waals surface area contributed by atoms with Crippen LogP contribution in [0.3, 0.4) is 0 Å². The zero-order valence-electron chi connectivity index (χ0n) is 21.1. The van der Waals surface area contributed by atoms with Crippen molar-refractivity contribution in [3.63, 3.8) is 0 Å². The SMILES string of the molecule is Cc1ccc(C)c(NS(=O)(=O)c2ccc(NC(=O)CN(c3cccc(Br)c3)S(=O)(=O)c3ccccc3)cc2)c1. The second-order valence-corrected chi connectivity index (χ2v) is 13.3. The molecule has 0 fully saturated rings. The van der Waals surface area contributed by atoms with Crippen LogP contribution in [-0.4, -0.2) is 29.3 Å². The first-order valence-electron chi connectivity index (χ1n) is 11.8. The average molecular weight is 629 g/mol. The second-order valence-electron chi connectivity index (χ2n) is 8.80. The maximum Gasteiger partial charge on any atom is 0.264 e. The highest BCUT2D eigenvalue weighted by molar-refractivity contribution is 9.10. The van der Waals surface area contributed by atoms with Gasteiger partial charge in [0.1, 0.15) is 6.54 Å². The smallest absolute Gasteiger partial charge is 0.264 e. The van der Waals surface area contributed by atoms with Crippen LogP contribution in [-0.2, 0) is 24.8 Å². The zero-order valence-corrected chi connectivity index (χ0v) is 24.3. The van der Waals surface area contributed by atoms with Crippen molar-refractivity contribution in [3.05, 3.63) is 113 Å². The lowest BCUT2D eigenvalue weighted by molar-refractivity contribution is -0.114. The molecular weight excluding hydrogens is 602 g/mol. The number of aryl methyl sites for hydroxylation is 2. The van der Waals surface area contributed by atoms with E-state index in [9.17, 15) is 21.6 Å². The Balaban J connectivity index is 1.53. The van der Waals surface area contributed by atoms with Crippen LogP contribution in [0.1, 0.15) is 11.1 Å². The van der Waals surface area contributed by atoms with Gasteiger partial charge in [0, 0.05) is 10.2 Å². The van der Waals surface area contributed by atoms with Crippen LogP contribution in [0.2, 0.25) is 0 Å². The van der Waals surface area contributed by atoms with Gasteiger partial charge in [-0.3, -0.25) is 13.8 Å². The number of halogens is 1. The molecule has 0 aromatic heterocycles. The molecule has 0 aliphatic carbocycles. The van der Waals surface area contributed by atoms with Crippen LogP contribution in [0.25, 0.3) is 0 Å². The molecule has 0 radical (unpaired) electrons. The average Bonchev–Trinajstić information content (AvgIpc) is 2.90. The third-order valence-electron chi connectivity index (χ3n) is 5.80. The topological polar surface area (TPSA) is 113 Å². The Hall–Kier alpha value is -3.67. The Labute approximate surface area is 236 Å². The molecule has 11 heteroatoms. The number of nitrogens with zero attached hydrogens (tertiary/aromatic N) is 1. The summed E-state index contributed by atoms with van der Waals surface area (Å²) in [4.78, 5) is 13.1. The van der Waals surface area contributed by atoms with E-state index >= 15 is 0 Å². The number of carbonyl (C=O) groups excluding carboxylic acids is 1. The molecule has 4 aromatic carbocycles. The molecule has 0 aliphatic heterocycles. The van der Waals surface area contributed by atoms with Gasteiger partial charge in [0.25, 0.3) is 20.0 Å². The fraction of sp³-hybridized carbons (Fsp3) is 0.107. The molecule has 0 unspecified atom stereocenters. The third-order valence-corrected chi connectivity index (χ3v) is 9.46. The van der Waals surface area contributed by atoms with Crippen LogP contribution in [0, 0.1) is 13.8 Å². The predicted molar refractivity (Wildman–Crippen MR) is 157 cm³/mol. The molecule has 2 N–H and O–H groups in total. The monoisotopic (exact) mass is 627 g/mol. The van der Waals surface area contributed by atoms with E-state index in [0.717, 1.165) is 15.4 Å². The van der Waals surface area contributed by atoms with E-state index in [2.05, 4.69) is 26.0 Å². The van der Waals surface area contributed by atoms with E-state index in [4.69, 9.17) is 0 Å². The van der Waals surface area contributed by atoms with Gasteiger partial charge in [-0.05, 0) is 85.6 Å². The van der Waals surface area contributed by atoms with Gasteiger partial charge in [0.05, 0.1) is 21.2 Å². The Morgan fingerprint density at radius 1 is 0.795 bits per heavy atom.